The molecule has 1 N–H and O–H groups in total. The van der Waals surface area contributed by atoms with Gasteiger partial charge in [-0.2, -0.15) is 0 Å². The molecule has 0 bridgehead atoms. The van der Waals surface area contributed by atoms with E-state index in [9.17, 15) is 9.90 Å². The van der Waals surface area contributed by atoms with Gasteiger partial charge < -0.3 is 24.1 Å². The van der Waals surface area contributed by atoms with Crippen molar-refractivity contribution >= 4 is 18.4 Å². The minimum Gasteiger partial charge on any atom is -0.497 e. The third kappa shape index (κ3) is 5.40. The molecule has 3 aromatic carbocycles. The van der Waals surface area contributed by atoms with Crippen molar-refractivity contribution in [2.45, 2.75) is 6.54 Å². The number of rotatable bonds is 9. The number of hydrogen-bond donors (Lipinski definition) is 1. The van der Waals surface area contributed by atoms with E-state index in [1.165, 1.54) is 15.3 Å². The highest BCUT2D eigenvalue weighted by Gasteiger charge is 2.18. The smallest absolute Gasteiger partial charge is 0.271 e. The van der Waals surface area contributed by atoms with Gasteiger partial charge in [0.1, 0.15) is 28.6 Å². The van der Waals surface area contributed by atoms with Crippen molar-refractivity contribution in [2.24, 2.45) is 4.99 Å². The molecule has 0 saturated heterocycles. The summed E-state index contributed by atoms with van der Waals surface area (Å²) in [6.07, 6.45) is 1.35. The van der Waals surface area contributed by atoms with Gasteiger partial charge in [-0.1, -0.05) is 0 Å². The molecule has 196 valence electrons. The summed E-state index contributed by atoms with van der Waals surface area (Å²) in [5.41, 5.74) is 1.31. The lowest BCUT2D eigenvalue weighted by Gasteiger charge is -2.17. The molecule has 0 saturated carbocycles. The Kier molecular flexibility index (Phi) is 8.12. The molecule has 0 radical (unpaired) electrons. The topological polar surface area (TPSA) is 96.4 Å². The zero-order valence-corrected chi connectivity index (χ0v) is 22.2. The van der Waals surface area contributed by atoms with Gasteiger partial charge in [-0.3, -0.25) is 18.9 Å². The lowest BCUT2D eigenvalue weighted by molar-refractivity contribution is 0.393. The number of ether oxygens (including phenoxy) is 4. The summed E-state index contributed by atoms with van der Waals surface area (Å²) >= 11 is 5.69. The summed E-state index contributed by atoms with van der Waals surface area (Å²) in [7, 11) is 6.25. The largest absolute Gasteiger partial charge is 0.497 e. The molecule has 0 aliphatic carbocycles. The molecule has 9 nitrogen and oxygen atoms in total. The minimum atomic E-state index is -0.519. The molecule has 1 aromatic heterocycles. The van der Waals surface area contributed by atoms with Gasteiger partial charge >= 0.3 is 0 Å². The summed E-state index contributed by atoms with van der Waals surface area (Å²) < 4.78 is 24.0. The van der Waals surface area contributed by atoms with Crippen LogP contribution in [0.15, 0.2) is 76.5 Å². The Balaban J connectivity index is 1.86. The van der Waals surface area contributed by atoms with Gasteiger partial charge in [0.05, 0.1) is 46.4 Å². The van der Waals surface area contributed by atoms with Gasteiger partial charge in [-0.15, -0.1) is 0 Å². The minimum absolute atomic E-state index is 0.0277. The molecule has 0 unspecified atom stereocenters. The number of aliphatic imine (C=N–C) groups is 1. The van der Waals surface area contributed by atoms with Crippen molar-refractivity contribution in [3.63, 3.8) is 0 Å². The van der Waals surface area contributed by atoms with Crippen molar-refractivity contribution in [1.82, 2.24) is 9.13 Å². The molecular weight excluding hydrogens is 506 g/mol. The summed E-state index contributed by atoms with van der Waals surface area (Å²) in [5.74, 6) is 2.17. The average Bonchev–Trinajstić information content (AvgIpc) is 2.95. The number of aromatic nitrogens is 2. The monoisotopic (exact) mass is 533 g/mol. The summed E-state index contributed by atoms with van der Waals surface area (Å²) in [4.78, 5) is 18.1. The van der Waals surface area contributed by atoms with Gasteiger partial charge in [-0.25, -0.2) is 0 Å². The lowest BCUT2D eigenvalue weighted by atomic mass is 10.2. The van der Waals surface area contributed by atoms with Crippen LogP contribution in [0, 0.1) is 4.77 Å². The molecule has 0 amide bonds. The van der Waals surface area contributed by atoms with Gasteiger partial charge in [0.15, 0.2) is 4.77 Å². The quantitative estimate of drug-likeness (QED) is 0.246. The highest BCUT2D eigenvalue weighted by molar-refractivity contribution is 7.71. The lowest BCUT2D eigenvalue weighted by Crippen LogP contribution is -2.27. The number of aromatic hydroxyl groups is 1. The van der Waals surface area contributed by atoms with Crippen molar-refractivity contribution in [3.05, 3.63) is 93.0 Å². The Morgan fingerprint density at radius 2 is 1.24 bits per heavy atom. The van der Waals surface area contributed by atoms with E-state index < -0.39 is 5.56 Å². The van der Waals surface area contributed by atoms with Crippen molar-refractivity contribution in [3.8, 4) is 40.3 Å². The van der Waals surface area contributed by atoms with Crippen LogP contribution in [0.1, 0.15) is 11.1 Å². The van der Waals surface area contributed by atoms with Crippen LogP contribution in [0.5, 0.6) is 28.9 Å². The zero-order chi connectivity index (χ0) is 27.2. The number of benzene rings is 3. The fourth-order valence-electron chi connectivity index (χ4n) is 3.85. The molecule has 0 fully saturated rings. The maximum absolute atomic E-state index is 13.6. The Labute approximate surface area is 224 Å². The molecule has 10 heteroatoms. The molecule has 0 aliphatic rings. The first-order valence-corrected chi connectivity index (χ1v) is 11.9. The molecular formula is C28H27N3O6S. The van der Waals surface area contributed by atoms with E-state index in [4.69, 9.17) is 31.2 Å². The third-order valence-corrected chi connectivity index (χ3v) is 6.20. The second-order valence-corrected chi connectivity index (χ2v) is 8.45. The Bertz CT molecular complexity index is 1550. The average molecular weight is 534 g/mol. The standard InChI is InChI=1S/C28H27N3O6S/c1-34-21-9-5-19(6-10-21)30-26(32)25(17-29-16-18-13-23(36-3)15-24(14-18)37-4)27(33)31(28(30)38)20-7-11-22(35-2)12-8-20/h5-15,17,32H,16H2,1-4H3. The first-order valence-electron chi connectivity index (χ1n) is 11.5. The number of hydrogen-bond acceptors (Lipinski definition) is 8. The summed E-state index contributed by atoms with van der Waals surface area (Å²) in [6.45, 7) is 0.215. The molecule has 1 heterocycles. The van der Waals surface area contributed by atoms with Crippen LogP contribution in [-0.4, -0.2) is 48.9 Å². The second-order valence-electron chi connectivity index (χ2n) is 8.08. The highest BCUT2D eigenvalue weighted by atomic mass is 32.1. The first-order chi connectivity index (χ1) is 18.4. The molecule has 0 aliphatic heterocycles. The summed E-state index contributed by atoms with van der Waals surface area (Å²) in [6, 6.07) is 19.2. The van der Waals surface area contributed by atoms with E-state index in [0.717, 1.165) is 5.56 Å². The number of methoxy groups -OCH3 is 4. The van der Waals surface area contributed by atoms with E-state index in [0.29, 0.717) is 34.4 Å². The normalized spacial score (nSPS) is 10.9. The SMILES string of the molecule is COc1ccc(-n2c(O)c(C=NCc3cc(OC)cc(OC)c3)c(=O)n(-c3ccc(OC)cc3)c2=S)cc1. The van der Waals surface area contributed by atoms with Crippen LogP contribution < -0.4 is 24.5 Å². The van der Waals surface area contributed by atoms with Crippen LogP contribution in [0.4, 0.5) is 0 Å². The molecule has 38 heavy (non-hydrogen) atoms. The van der Waals surface area contributed by atoms with Gasteiger partial charge in [0.25, 0.3) is 5.56 Å². The van der Waals surface area contributed by atoms with Crippen LogP contribution in [0.25, 0.3) is 11.4 Å². The Morgan fingerprint density at radius 3 is 1.71 bits per heavy atom. The van der Waals surface area contributed by atoms with Crippen molar-refractivity contribution in [2.75, 3.05) is 28.4 Å². The Morgan fingerprint density at radius 1 is 0.763 bits per heavy atom. The van der Waals surface area contributed by atoms with E-state index in [-0.39, 0.29) is 22.8 Å². The van der Waals surface area contributed by atoms with Crippen molar-refractivity contribution in [1.29, 1.82) is 0 Å². The van der Waals surface area contributed by atoms with E-state index in [2.05, 4.69) is 4.99 Å². The van der Waals surface area contributed by atoms with Crippen LogP contribution in [0.3, 0.4) is 0 Å². The first kappa shape index (κ1) is 26.5. The Hall–Kier alpha value is -4.57. The summed E-state index contributed by atoms with van der Waals surface area (Å²) in [5, 5.41) is 11.2. The maximum atomic E-state index is 13.6. The van der Waals surface area contributed by atoms with Gasteiger partial charge in [0, 0.05) is 12.3 Å². The van der Waals surface area contributed by atoms with E-state index in [1.807, 2.05) is 12.1 Å². The van der Waals surface area contributed by atoms with Crippen LogP contribution in [0.2, 0.25) is 0 Å². The third-order valence-electron chi connectivity index (χ3n) is 5.84. The molecule has 4 rings (SSSR count). The van der Waals surface area contributed by atoms with E-state index in [1.54, 1.807) is 83.0 Å². The predicted molar refractivity (Wildman–Crippen MR) is 148 cm³/mol. The molecule has 0 spiro atoms. The van der Waals surface area contributed by atoms with Gasteiger partial charge in [-0.05, 0) is 78.4 Å². The maximum Gasteiger partial charge on any atom is 0.271 e. The molecule has 0 atom stereocenters. The van der Waals surface area contributed by atoms with E-state index >= 15 is 0 Å². The van der Waals surface area contributed by atoms with Gasteiger partial charge in [0.2, 0.25) is 5.88 Å². The highest BCUT2D eigenvalue weighted by Crippen LogP contribution is 2.25. The number of nitrogens with zero attached hydrogens (tertiary/aromatic N) is 3. The van der Waals surface area contributed by atoms with Crippen LogP contribution in [-0.2, 0) is 6.54 Å². The fraction of sp³-hybridized carbons (Fsp3) is 0.179. The molecule has 4 aromatic rings. The second kappa shape index (κ2) is 11.7. The zero-order valence-electron chi connectivity index (χ0n) is 21.4. The van der Waals surface area contributed by atoms with Crippen molar-refractivity contribution < 1.29 is 24.1 Å². The fourth-order valence-corrected chi connectivity index (χ4v) is 4.23. The predicted octanol–water partition coefficient (Wildman–Crippen LogP) is 4.72. The van der Waals surface area contributed by atoms with Crippen LogP contribution >= 0.6 is 12.2 Å².